The van der Waals surface area contributed by atoms with E-state index in [4.69, 9.17) is 5.41 Å². The standard InChI is InChI=1S/C18H13NO3/c1-10-5-4-6-11(9-10)15(19)14-16(20)12-7-2-3-8-13(12)17(21)18(14)22/h2-9,19,22H,1H3. The van der Waals surface area contributed by atoms with E-state index in [0.29, 0.717) is 5.56 Å². The zero-order valence-corrected chi connectivity index (χ0v) is 11.9. The van der Waals surface area contributed by atoms with Crippen molar-refractivity contribution in [2.24, 2.45) is 0 Å². The number of nitrogens with one attached hydrogen (secondary N) is 1. The van der Waals surface area contributed by atoms with Gasteiger partial charge >= 0.3 is 0 Å². The van der Waals surface area contributed by atoms with Gasteiger partial charge in [0.1, 0.15) is 0 Å². The van der Waals surface area contributed by atoms with Gasteiger partial charge in [0.25, 0.3) is 0 Å². The van der Waals surface area contributed by atoms with Crippen molar-refractivity contribution in [3.05, 3.63) is 82.1 Å². The Balaban J connectivity index is 2.15. The third-order valence-corrected chi connectivity index (χ3v) is 3.65. The molecule has 0 radical (unpaired) electrons. The van der Waals surface area contributed by atoms with E-state index in [1.165, 1.54) is 12.1 Å². The summed E-state index contributed by atoms with van der Waals surface area (Å²) in [5.74, 6) is -1.78. The second kappa shape index (κ2) is 5.07. The van der Waals surface area contributed by atoms with E-state index in [0.717, 1.165) is 5.56 Å². The van der Waals surface area contributed by atoms with Crippen LogP contribution in [0.2, 0.25) is 0 Å². The lowest BCUT2D eigenvalue weighted by atomic mass is 9.84. The third-order valence-electron chi connectivity index (χ3n) is 3.65. The molecule has 108 valence electrons. The van der Waals surface area contributed by atoms with Gasteiger partial charge in [-0.3, -0.25) is 15.0 Å². The zero-order chi connectivity index (χ0) is 15.9. The highest BCUT2D eigenvalue weighted by molar-refractivity contribution is 6.39. The van der Waals surface area contributed by atoms with Crippen LogP contribution in [0.4, 0.5) is 0 Å². The maximum absolute atomic E-state index is 12.6. The minimum absolute atomic E-state index is 0.144. The van der Waals surface area contributed by atoms with Crippen molar-refractivity contribution in [1.82, 2.24) is 0 Å². The molecule has 1 aliphatic carbocycles. The normalized spacial score (nSPS) is 14.0. The number of aryl methyl sites for hydroxylation is 1. The molecule has 0 unspecified atom stereocenters. The molecule has 4 heteroatoms. The van der Waals surface area contributed by atoms with Crippen molar-refractivity contribution in [3.63, 3.8) is 0 Å². The number of fused-ring (bicyclic) bond motifs is 1. The number of aliphatic hydroxyl groups excluding tert-OH is 1. The van der Waals surface area contributed by atoms with E-state index in [1.807, 2.05) is 13.0 Å². The molecule has 0 saturated carbocycles. The van der Waals surface area contributed by atoms with E-state index in [1.54, 1.807) is 30.3 Å². The number of rotatable bonds is 2. The Kier molecular flexibility index (Phi) is 3.22. The first-order valence-electron chi connectivity index (χ1n) is 6.78. The highest BCUT2D eigenvalue weighted by Crippen LogP contribution is 2.27. The van der Waals surface area contributed by atoms with Gasteiger partial charge in [-0.2, -0.15) is 0 Å². The monoisotopic (exact) mass is 291 g/mol. The molecule has 0 atom stereocenters. The van der Waals surface area contributed by atoms with Gasteiger partial charge in [-0.1, -0.05) is 48.0 Å². The number of carbonyl (C=O) groups is 2. The molecule has 0 spiro atoms. The minimum atomic E-state index is -0.657. The molecule has 0 bridgehead atoms. The van der Waals surface area contributed by atoms with Crippen LogP contribution >= 0.6 is 0 Å². The number of ketones is 2. The number of hydrogen-bond donors (Lipinski definition) is 2. The van der Waals surface area contributed by atoms with Crippen LogP contribution in [0.15, 0.2) is 59.9 Å². The fourth-order valence-corrected chi connectivity index (χ4v) is 2.54. The molecule has 2 N–H and O–H groups in total. The predicted molar refractivity (Wildman–Crippen MR) is 82.8 cm³/mol. The summed E-state index contributed by atoms with van der Waals surface area (Å²) >= 11 is 0. The molecule has 0 amide bonds. The smallest absolute Gasteiger partial charge is 0.228 e. The Morgan fingerprint density at radius 3 is 2.23 bits per heavy atom. The molecule has 0 heterocycles. The van der Waals surface area contributed by atoms with Crippen molar-refractivity contribution in [1.29, 1.82) is 5.41 Å². The van der Waals surface area contributed by atoms with Crippen LogP contribution in [-0.4, -0.2) is 22.4 Å². The Hall–Kier alpha value is -3.01. The van der Waals surface area contributed by atoms with Gasteiger partial charge in [-0.15, -0.1) is 0 Å². The summed E-state index contributed by atoms with van der Waals surface area (Å²) in [6.07, 6.45) is 0. The van der Waals surface area contributed by atoms with E-state index in [2.05, 4.69) is 0 Å². The number of Topliss-reactive ketones (excluding diaryl/α,β-unsaturated/α-hetero) is 2. The summed E-state index contributed by atoms with van der Waals surface area (Å²) in [6.45, 7) is 1.87. The first kappa shape index (κ1) is 13.9. The van der Waals surface area contributed by atoms with Gasteiger partial charge in [0, 0.05) is 16.7 Å². The van der Waals surface area contributed by atoms with Crippen molar-refractivity contribution >= 4 is 17.3 Å². The predicted octanol–water partition coefficient (Wildman–Crippen LogP) is 3.25. The molecule has 22 heavy (non-hydrogen) atoms. The number of benzene rings is 2. The second-order valence-electron chi connectivity index (χ2n) is 5.17. The molecule has 0 fully saturated rings. The first-order chi connectivity index (χ1) is 10.5. The molecule has 0 aromatic heterocycles. The van der Waals surface area contributed by atoms with Gasteiger partial charge < -0.3 is 5.11 Å². The van der Waals surface area contributed by atoms with Crippen LogP contribution in [0, 0.1) is 12.3 Å². The van der Waals surface area contributed by atoms with Gasteiger partial charge in [0.05, 0.1) is 11.3 Å². The van der Waals surface area contributed by atoms with Gasteiger partial charge in [-0.25, -0.2) is 0 Å². The number of aliphatic hydroxyl groups is 1. The summed E-state index contributed by atoms with van der Waals surface area (Å²) < 4.78 is 0. The summed E-state index contributed by atoms with van der Waals surface area (Å²) in [4.78, 5) is 24.8. The van der Waals surface area contributed by atoms with E-state index >= 15 is 0 Å². The number of allylic oxidation sites excluding steroid dienone is 2. The highest BCUT2D eigenvalue weighted by atomic mass is 16.3. The molecule has 1 aliphatic rings. The topological polar surface area (TPSA) is 78.2 Å². The average Bonchev–Trinajstić information content (AvgIpc) is 2.53. The Labute approximate surface area is 127 Å². The van der Waals surface area contributed by atoms with Crippen molar-refractivity contribution in [3.8, 4) is 0 Å². The third kappa shape index (κ3) is 2.05. The van der Waals surface area contributed by atoms with Crippen LogP contribution in [0.3, 0.4) is 0 Å². The SMILES string of the molecule is Cc1cccc(C(=N)C2=C(O)C(=O)c3ccccc3C2=O)c1. The maximum atomic E-state index is 12.6. The van der Waals surface area contributed by atoms with Crippen LogP contribution in [0.5, 0.6) is 0 Å². The molecule has 2 aromatic carbocycles. The van der Waals surface area contributed by atoms with Gasteiger partial charge in [0.15, 0.2) is 11.5 Å². The van der Waals surface area contributed by atoms with Crippen molar-refractivity contribution < 1.29 is 14.7 Å². The van der Waals surface area contributed by atoms with Crippen LogP contribution in [-0.2, 0) is 0 Å². The molecule has 3 rings (SSSR count). The highest BCUT2D eigenvalue weighted by Gasteiger charge is 2.34. The lowest BCUT2D eigenvalue weighted by Crippen LogP contribution is -2.26. The van der Waals surface area contributed by atoms with Crippen LogP contribution in [0.1, 0.15) is 31.8 Å². The fourth-order valence-electron chi connectivity index (χ4n) is 2.54. The summed E-state index contributed by atoms with van der Waals surface area (Å²) in [7, 11) is 0. The Morgan fingerprint density at radius 2 is 1.59 bits per heavy atom. The van der Waals surface area contributed by atoms with Gasteiger partial charge in [0.2, 0.25) is 5.78 Å². The maximum Gasteiger partial charge on any atom is 0.228 e. The van der Waals surface area contributed by atoms with Crippen molar-refractivity contribution in [2.75, 3.05) is 0 Å². The first-order valence-corrected chi connectivity index (χ1v) is 6.78. The quantitative estimate of drug-likeness (QED) is 0.834. The van der Waals surface area contributed by atoms with Crippen LogP contribution in [0.25, 0.3) is 0 Å². The lowest BCUT2D eigenvalue weighted by Gasteiger charge is -2.18. The lowest BCUT2D eigenvalue weighted by molar-refractivity contribution is 0.0934. The van der Waals surface area contributed by atoms with E-state index < -0.39 is 17.3 Å². The molecular weight excluding hydrogens is 278 g/mol. The fraction of sp³-hybridized carbons (Fsp3) is 0.0556. The van der Waals surface area contributed by atoms with E-state index in [-0.39, 0.29) is 22.4 Å². The van der Waals surface area contributed by atoms with Crippen molar-refractivity contribution in [2.45, 2.75) is 6.92 Å². The molecule has 0 saturated heterocycles. The Morgan fingerprint density at radius 1 is 0.955 bits per heavy atom. The largest absolute Gasteiger partial charge is 0.504 e. The molecule has 2 aromatic rings. The van der Waals surface area contributed by atoms with E-state index in [9.17, 15) is 14.7 Å². The zero-order valence-electron chi connectivity index (χ0n) is 11.9. The minimum Gasteiger partial charge on any atom is -0.504 e. The summed E-state index contributed by atoms with van der Waals surface area (Å²) in [5.41, 5.74) is 1.42. The summed E-state index contributed by atoms with van der Waals surface area (Å²) in [6, 6.07) is 13.4. The number of hydrogen-bond acceptors (Lipinski definition) is 4. The Bertz CT molecular complexity index is 862. The molecule has 4 nitrogen and oxygen atoms in total. The number of carbonyl (C=O) groups excluding carboxylic acids is 2. The van der Waals surface area contributed by atoms with Gasteiger partial charge in [-0.05, 0) is 13.0 Å². The summed E-state index contributed by atoms with van der Waals surface area (Å²) in [5, 5.41) is 18.3. The molecule has 0 aliphatic heterocycles. The molecular formula is C18H13NO3. The second-order valence-corrected chi connectivity index (χ2v) is 5.17. The van der Waals surface area contributed by atoms with Crippen LogP contribution < -0.4 is 0 Å². The average molecular weight is 291 g/mol.